The molecule has 0 aromatic heterocycles. The number of urea groups is 1. The van der Waals surface area contributed by atoms with Crippen LogP contribution in [0.3, 0.4) is 0 Å². The molecule has 2 amide bonds. The number of ether oxygens (including phenoxy) is 1. The number of rotatable bonds is 5. The predicted octanol–water partition coefficient (Wildman–Crippen LogP) is 1.93. The number of carbonyl (C=O) groups excluding carboxylic acids is 1. The molecule has 1 aromatic carbocycles. The van der Waals surface area contributed by atoms with Crippen LogP contribution in [0.25, 0.3) is 0 Å². The molecule has 20 heavy (non-hydrogen) atoms. The van der Waals surface area contributed by atoms with E-state index in [0.29, 0.717) is 24.5 Å². The van der Waals surface area contributed by atoms with Gasteiger partial charge in [0.2, 0.25) is 0 Å². The summed E-state index contributed by atoms with van der Waals surface area (Å²) in [7, 11) is 1.56. The number of unbranched alkanes of at least 4 members (excludes halogenated alkanes) is 1. The lowest BCUT2D eigenvalue weighted by Crippen LogP contribution is -2.29. The van der Waals surface area contributed by atoms with E-state index in [4.69, 9.17) is 10.5 Å². The number of hydrogen-bond acceptors (Lipinski definition) is 3. The van der Waals surface area contributed by atoms with Crippen LogP contribution in [-0.2, 0) is 0 Å². The highest BCUT2D eigenvalue weighted by Crippen LogP contribution is 2.25. The maximum atomic E-state index is 11.7. The fraction of sp³-hybridized carbons (Fsp3) is 0.400. The van der Waals surface area contributed by atoms with Gasteiger partial charge in [-0.25, -0.2) is 4.79 Å². The zero-order chi connectivity index (χ0) is 14.8. The third-order valence-electron chi connectivity index (χ3n) is 2.60. The monoisotopic (exact) mass is 275 g/mol. The summed E-state index contributed by atoms with van der Waals surface area (Å²) in [6.45, 7) is 3.02. The molecule has 0 aliphatic carbocycles. The van der Waals surface area contributed by atoms with Crippen LogP contribution in [0.2, 0.25) is 0 Å². The highest BCUT2D eigenvalue weighted by atomic mass is 16.5. The molecule has 1 rings (SSSR count). The topological polar surface area (TPSA) is 76.4 Å². The number of amides is 2. The van der Waals surface area contributed by atoms with Gasteiger partial charge in [-0.3, -0.25) is 0 Å². The van der Waals surface area contributed by atoms with Crippen LogP contribution < -0.4 is 21.1 Å². The Labute approximate surface area is 119 Å². The highest BCUT2D eigenvalue weighted by Gasteiger charge is 2.07. The van der Waals surface area contributed by atoms with Gasteiger partial charge in [0, 0.05) is 12.1 Å². The van der Waals surface area contributed by atoms with Gasteiger partial charge in [-0.05, 0) is 24.6 Å². The first-order valence-corrected chi connectivity index (χ1v) is 6.63. The van der Waals surface area contributed by atoms with Crippen LogP contribution in [0.4, 0.5) is 10.5 Å². The van der Waals surface area contributed by atoms with Gasteiger partial charge in [-0.15, -0.1) is 0 Å². The first-order valence-electron chi connectivity index (χ1n) is 6.63. The summed E-state index contributed by atoms with van der Waals surface area (Å²) in [4.78, 5) is 11.7. The van der Waals surface area contributed by atoms with Crippen molar-refractivity contribution >= 4 is 11.7 Å². The van der Waals surface area contributed by atoms with E-state index in [0.717, 1.165) is 18.4 Å². The van der Waals surface area contributed by atoms with Crippen molar-refractivity contribution in [1.29, 1.82) is 0 Å². The number of nitrogens with one attached hydrogen (secondary N) is 2. The molecule has 0 saturated carbocycles. The van der Waals surface area contributed by atoms with Gasteiger partial charge in [0.25, 0.3) is 0 Å². The second kappa shape index (κ2) is 8.83. The Morgan fingerprint density at radius 2 is 2.25 bits per heavy atom. The minimum Gasteiger partial charge on any atom is -0.495 e. The SMILES string of the molecule is CCCCNC(=O)Nc1cc(C#CCN)ccc1OC. The minimum atomic E-state index is -0.249. The molecule has 0 heterocycles. The summed E-state index contributed by atoms with van der Waals surface area (Å²) >= 11 is 0. The van der Waals surface area contributed by atoms with E-state index in [1.54, 1.807) is 19.2 Å². The molecule has 0 aliphatic heterocycles. The van der Waals surface area contributed by atoms with Crippen molar-refractivity contribution in [2.45, 2.75) is 19.8 Å². The van der Waals surface area contributed by atoms with Crippen molar-refractivity contribution in [3.05, 3.63) is 23.8 Å². The first kappa shape index (κ1) is 15.9. The van der Waals surface area contributed by atoms with Crippen molar-refractivity contribution in [3.63, 3.8) is 0 Å². The van der Waals surface area contributed by atoms with Crippen LogP contribution in [0.15, 0.2) is 18.2 Å². The molecular weight excluding hydrogens is 254 g/mol. The van der Waals surface area contributed by atoms with Gasteiger partial charge in [-0.2, -0.15) is 0 Å². The largest absolute Gasteiger partial charge is 0.495 e. The molecule has 0 radical (unpaired) electrons. The number of carbonyl (C=O) groups is 1. The number of hydrogen-bond donors (Lipinski definition) is 3. The third kappa shape index (κ3) is 5.21. The molecule has 5 nitrogen and oxygen atoms in total. The number of methoxy groups -OCH3 is 1. The van der Waals surface area contributed by atoms with Crippen LogP contribution in [0.1, 0.15) is 25.3 Å². The van der Waals surface area contributed by atoms with E-state index >= 15 is 0 Å². The van der Waals surface area contributed by atoms with Gasteiger partial charge in [-0.1, -0.05) is 25.2 Å². The lowest BCUT2D eigenvalue weighted by Gasteiger charge is -2.11. The molecular formula is C15H21N3O2. The Kier molecular flexibility index (Phi) is 7.01. The predicted molar refractivity (Wildman–Crippen MR) is 80.9 cm³/mol. The van der Waals surface area contributed by atoms with Crippen molar-refractivity contribution < 1.29 is 9.53 Å². The molecule has 0 unspecified atom stereocenters. The Morgan fingerprint density at radius 3 is 2.90 bits per heavy atom. The molecule has 0 aliphatic rings. The second-order valence-electron chi connectivity index (χ2n) is 4.16. The van der Waals surface area contributed by atoms with E-state index in [2.05, 4.69) is 29.4 Å². The van der Waals surface area contributed by atoms with Crippen molar-refractivity contribution in [2.75, 3.05) is 25.5 Å². The van der Waals surface area contributed by atoms with Gasteiger partial charge < -0.3 is 21.1 Å². The Bertz CT molecular complexity index is 504. The van der Waals surface area contributed by atoms with E-state index < -0.39 is 0 Å². The van der Waals surface area contributed by atoms with E-state index in [1.807, 2.05) is 6.07 Å². The summed E-state index contributed by atoms with van der Waals surface area (Å²) in [6.07, 6.45) is 1.99. The molecule has 1 aromatic rings. The fourth-order valence-electron chi connectivity index (χ4n) is 1.58. The molecule has 4 N–H and O–H groups in total. The van der Waals surface area contributed by atoms with Gasteiger partial charge >= 0.3 is 6.03 Å². The zero-order valence-electron chi connectivity index (χ0n) is 12.0. The Morgan fingerprint density at radius 1 is 1.45 bits per heavy atom. The summed E-state index contributed by atoms with van der Waals surface area (Å²) in [5.41, 5.74) is 6.71. The van der Waals surface area contributed by atoms with Crippen LogP contribution >= 0.6 is 0 Å². The second-order valence-corrected chi connectivity index (χ2v) is 4.16. The Hall–Kier alpha value is -2.19. The third-order valence-corrected chi connectivity index (χ3v) is 2.60. The van der Waals surface area contributed by atoms with Crippen LogP contribution in [0.5, 0.6) is 5.75 Å². The van der Waals surface area contributed by atoms with E-state index in [9.17, 15) is 4.79 Å². The van der Waals surface area contributed by atoms with Crippen molar-refractivity contribution in [2.24, 2.45) is 5.73 Å². The number of nitrogens with two attached hydrogens (primary N) is 1. The van der Waals surface area contributed by atoms with Crippen molar-refractivity contribution in [1.82, 2.24) is 5.32 Å². The normalized spacial score (nSPS) is 9.35. The van der Waals surface area contributed by atoms with Gasteiger partial charge in [0.15, 0.2) is 0 Å². The first-order chi connectivity index (χ1) is 9.71. The Balaban J connectivity index is 2.77. The lowest BCUT2D eigenvalue weighted by molar-refractivity contribution is 0.252. The molecule has 108 valence electrons. The zero-order valence-corrected chi connectivity index (χ0v) is 12.0. The van der Waals surface area contributed by atoms with E-state index in [-0.39, 0.29) is 6.03 Å². The van der Waals surface area contributed by atoms with Gasteiger partial charge in [0.1, 0.15) is 5.75 Å². The number of anilines is 1. The van der Waals surface area contributed by atoms with Crippen molar-refractivity contribution in [3.8, 4) is 17.6 Å². The molecule has 0 atom stereocenters. The van der Waals surface area contributed by atoms with Crippen LogP contribution in [-0.4, -0.2) is 26.2 Å². The quantitative estimate of drug-likeness (QED) is 0.567. The van der Waals surface area contributed by atoms with E-state index in [1.165, 1.54) is 0 Å². The maximum absolute atomic E-state index is 11.7. The summed E-state index contributed by atoms with van der Waals surface area (Å²) in [6, 6.07) is 5.10. The van der Waals surface area contributed by atoms with Crippen LogP contribution in [0, 0.1) is 11.8 Å². The molecule has 0 bridgehead atoms. The minimum absolute atomic E-state index is 0.249. The molecule has 0 saturated heterocycles. The maximum Gasteiger partial charge on any atom is 0.319 e. The van der Waals surface area contributed by atoms with Gasteiger partial charge in [0.05, 0.1) is 19.3 Å². The summed E-state index contributed by atoms with van der Waals surface area (Å²) in [5, 5.41) is 5.55. The highest BCUT2D eigenvalue weighted by molar-refractivity contribution is 5.91. The molecule has 5 heteroatoms. The summed E-state index contributed by atoms with van der Waals surface area (Å²) in [5.74, 6) is 6.28. The average Bonchev–Trinajstić information content (AvgIpc) is 2.45. The smallest absolute Gasteiger partial charge is 0.319 e. The lowest BCUT2D eigenvalue weighted by atomic mass is 10.2. The standard InChI is InChI=1S/C15H21N3O2/c1-3-4-10-17-15(19)18-13-11-12(6-5-9-16)7-8-14(13)20-2/h7-8,11H,3-4,9-10,16H2,1-2H3,(H2,17,18,19). The molecule has 0 fully saturated rings. The average molecular weight is 275 g/mol. The summed E-state index contributed by atoms with van der Waals surface area (Å²) < 4.78 is 5.22. The fourth-order valence-corrected chi connectivity index (χ4v) is 1.58. The molecule has 0 spiro atoms. The number of benzene rings is 1.